The van der Waals surface area contributed by atoms with Crippen LogP contribution in [0, 0.1) is 17.8 Å². The molecule has 3 fully saturated rings. The van der Waals surface area contributed by atoms with Crippen molar-refractivity contribution < 1.29 is 9.32 Å². The number of hydrogen-bond acceptors (Lipinski definition) is 5. The first-order chi connectivity index (χ1) is 10.7. The Labute approximate surface area is 130 Å². The standard InChI is InChI=1S/C16H24N4O2/c17-14-10-2-1-3-11(14)7-12(6-10)15(21)18-8-13-19-16(22-20-13)9-4-5-9/h9-12,14H,1-8,17H2,(H,18,21). The van der Waals surface area contributed by atoms with E-state index in [0.717, 1.165) is 31.6 Å². The Kier molecular flexibility index (Phi) is 3.64. The van der Waals surface area contributed by atoms with E-state index < -0.39 is 0 Å². The molecule has 0 aliphatic heterocycles. The Morgan fingerprint density at radius 3 is 2.64 bits per heavy atom. The van der Waals surface area contributed by atoms with E-state index in [9.17, 15) is 4.79 Å². The molecule has 6 heteroatoms. The third-order valence-electron chi connectivity index (χ3n) is 5.61. The topological polar surface area (TPSA) is 94.0 Å². The quantitative estimate of drug-likeness (QED) is 0.883. The Bertz CT molecular complexity index is 540. The molecule has 22 heavy (non-hydrogen) atoms. The van der Waals surface area contributed by atoms with Gasteiger partial charge in [0, 0.05) is 17.9 Å². The fourth-order valence-corrected chi connectivity index (χ4v) is 4.15. The van der Waals surface area contributed by atoms with Gasteiger partial charge in [-0.25, -0.2) is 0 Å². The number of nitrogens with one attached hydrogen (secondary N) is 1. The first-order valence-corrected chi connectivity index (χ1v) is 8.56. The van der Waals surface area contributed by atoms with E-state index in [-0.39, 0.29) is 11.8 Å². The van der Waals surface area contributed by atoms with Crippen LogP contribution in [0.1, 0.15) is 62.6 Å². The zero-order chi connectivity index (χ0) is 15.1. The summed E-state index contributed by atoms with van der Waals surface area (Å²) in [5.41, 5.74) is 6.28. The zero-order valence-electron chi connectivity index (χ0n) is 12.8. The van der Waals surface area contributed by atoms with E-state index in [1.165, 1.54) is 19.3 Å². The van der Waals surface area contributed by atoms with E-state index in [0.29, 0.717) is 36.2 Å². The van der Waals surface area contributed by atoms with Crippen LogP contribution < -0.4 is 11.1 Å². The average molecular weight is 304 g/mol. The molecule has 0 spiro atoms. The van der Waals surface area contributed by atoms with Gasteiger partial charge < -0.3 is 15.6 Å². The molecule has 0 radical (unpaired) electrons. The average Bonchev–Trinajstić information content (AvgIpc) is 3.23. The largest absolute Gasteiger partial charge is 0.348 e. The van der Waals surface area contributed by atoms with Crippen LogP contribution in [-0.4, -0.2) is 22.1 Å². The molecular formula is C16H24N4O2. The van der Waals surface area contributed by atoms with Gasteiger partial charge in [-0.05, 0) is 50.4 Å². The van der Waals surface area contributed by atoms with Gasteiger partial charge in [0.1, 0.15) is 0 Å². The number of amides is 1. The number of rotatable bonds is 4. The third kappa shape index (κ3) is 2.76. The SMILES string of the molecule is NC1C2CCCC1CC(C(=O)NCc1noc(C3CC3)n1)C2. The summed E-state index contributed by atoms with van der Waals surface area (Å²) in [5.74, 6) is 3.04. The number of carbonyl (C=O) groups is 1. The molecule has 1 aromatic heterocycles. The second-order valence-electron chi connectivity index (χ2n) is 7.24. The lowest BCUT2D eigenvalue weighted by Crippen LogP contribution is -2.49. The summed E-state index contributed by atoms with van der Waals surface area (Å²) in [4.78, 5) is 16.8. The number of fused-ring (bicyclic) bond motifs is 2. The molecule has 2 bridgehead atoms. The van der Waals surface area contributed by atoms with Gasteiger partial charge in [-0.1, -0.05) is 11.6 Å². The van der Waals surface area contributed by atoms with Crippen molar-refractivity contribution >= 4 is 5.91 Å². The van der Waals surface area contributed by atoms with E-state index >= 15 is 0 Å². The minimum atomic E-state index is 0.102. The highest BCUT2D eigenvalue weighted by molar-refractivity contribution is 5.78. The number of nitrogens with two attached hydrogens (primary N) is 1. The highest BCUT2D eigenvalue weighted by Crippen LogP contribution is 2.42. The predicted octanol–water partition coefficient (Wildman–Crippen LogP) is 1.72. The van der Waals surface area contributed by atoms with Gasteiger partial charge in [-0.2, -0.15) is 4.98 Å². The van der Waals surface area contributed by atoms with E-state index in [4.69, 9.17) is 10.3 Å². The van der Waals surface area contributed by atoms with Crippen molar-refractivity contribution in [3.05, 3.63) is 11.7 Å². The fourth-order valence-electron chi connectivity index (χ4n) is 4.15. The third-order valence-corrected chi connectivity index (χ3v) is 5.61. The van der Waals surface area contributed by atoms with Crippen molar-refractivity contribution in [1.82, 2.24) is 15.5 Å². The summed E-state index contributed by atoms with van der Waals surface area (Å²) in [6.45, 7) is 0.368. The summed E-state index contributed by atoms with van der Waals surface area (Å²) in [5, 5.41) is 6.92. The molecule has 6 nitrogen and oxygen atoms in total. The predicted molar refractivity (Wildman–Crippen MR) is 79.7 cm³/mol. The Morgan fingerprint density at radius 2 is 1.95 bits per heavy atom. The molecule has 3 saturated carbocycles. The monoisotopic (exact) mass is 304 g/mol. The number of hydrogen-bond donors (Lipinski definition) is 2. The zero-order valence-corrected chi connectivity index (χ0v) is 12.8. The molecule has 120 valence electrons. The van der Waals surface area contributed by atoms with Gasteiger partial charge in [-0.3, -0.25) is 4.79 Å². The fraction of sp³-hybridized carbons (Fsp3) is 0.812. The van der Waals surface area contributed by atoms with Crippen LogP contribution >= 0.6 is 0 Å². The molecule has 3 aliphatic rings. The second kappa shape index (κ2) is 5.65. The molecular weight excluding hydrogens is 280 g/mol. The lowest BCUT2D eigenvalue weighted by atomic mass is 9.65. The van der Waals surface area contributed by atoms with Gasteiger partial charge >= 0.3 is 0 Å². The van der Waals surface area contributed by atoms with Crippen molar-refractivity contribution in [1.29, 1.82) is 0 Å². The molecule has 0 aromatic carbocycles. The Morgan fingerprint density at radius 1 is 1.23 bits per heavy atom. The lowest BCUT2D eigenvalue weighted by molar-refractivity contribution is -0.128. The highest BCUT2D eigenvalue weighted by Gasteiger charge is 2.40. The Balaban J connectivity index is 1.32. The van der Waals surface area contributed by atoms with Crippen LogP contribution in [0.5, 0.6) is 0 Å². The lowest BCUT2D eigenvalue weighted by Gasteiger charge is -2.43. The van der Waals surface area contributed by atoms with Crippen molar-refractivity contribution in [2.75, 3.05) is 0 Å². The molecule has 1 heterocycles. The number of aromatic nitrogens is 2. The molecule has 4 rings (SSSR count). The second-order valence-corrected chi connectivity index (χ2v) is 7.24. The Hall–Kier alpha value is -1.43. The van der Waals surface area contributed by atoms with Crippen molar-refractivity contribution in [3.8, 4) is 0 Å². The molecule has 1 aromatic rings. The summed E-state index contributed by atoms with van der Waals surface area (Å²) >= 11 is 0. The molecule has 1 amide bonds. The van der Waals surface area contributed by atoms with Crippen LogP contribution in [0.3, 0.4) is 0 Å². The highest BCUT2D eigenvalue weighted by atomic mass is 16.5. The minimum Gasteiger partial charge on any atom is -0.348 e. The summed E-state index contributed by atoms with van der Waals surface area (Å²) < 4.78 is 5.21. The summed E-state index contributed by atoms with van der Waals surface area (Å²) in [7, 11) is 0. The van der Waals surface area contributed by atoms with Crippen LogP contribution in [0.2, 0.25) is 0 Å². The van der Waals surface area contributed by atoms with E-state index in [1.807, 2.05) is 0 Å². The molecule has 3 aliphatic carbocycles. The molecule has 0 saturated heterocycles. The maximum atomic E-state index is 12.4. The summed E-state index contributed by atoms with van der Waals surface area (Å²) in [6.07, 6.45) is 7.77. The molecule has 2 atom stereocenters. The van der Waals surface area contributed by atoms with Crippen molar-refractivity contribution in [3.63, 3.8) is 0 Å². The number of nitrogens with zero attached hydrogens (tertiary/aromatic N) is 2. The van der Waals surface area contributed by atoms with Crippen LogP contribution in [0.25, 0.3) is 0 Å². The number of carbonyl (C=O) groups excluding carboxylic acids is 1. The van der Waals surface area contributed by atoms with Crippen LogP contribution in [-0.2, 0) is 11.3 Å². The van der Waals surface area contributed by atoms with E-state index in [2.05, 4.69) is 15.5 Å². The van der Waals surface area contributed by atoms with Crippen LogP contribution in [0.15, 0.2) is 4.52 Å². The maximum absolute atomic E-state index is 12.4. The first kappa shape index (κ1) is 14.2. The van der Waals surface area contributed by atoms with Crippen molar-refractivity contribution in [2.24, 2.45) is 23.5 Å². The first-order valence-electron chi connectivity index (χ1n) is 8.56. The van der Waals surface area contributed by atoms with Gasteiger partial charge in [-0.15, -0.1) is 0 Å². The maximum Gasteiger partial charge on any atom is 0.229 e. The van der Waals surface area contributed by atoms with Gasteiger partial charge in [0.15, 0.2) is 5.82 Å². The van der Waals surface area contributed by atoms with Gasteiger partial charge in [0.2, 0.25) is 11.8 Å². The minimum absolute atomic E-state index is 0.102. The van der Waals surface area contributed by atoms with Crippen molar-refractivity contribution in [2.45, 2.75) is 63.5 Å². The van der Waals surface area contributed by atoms with E-state index in [1.54, 1.807) is 0 Å². The smallest absolute Gasteiger partial charge is 0.229 e. The normalized spacial score (nSPS) is 34.4. The van der Waals surface area contributed by atoms with Gasteiger partial charge in [0.05, 0.1) is 6.54 Å². The molecule has 2 unspecified atom stereocenters. The summed E-state index contributed by atoms with van der Waals surface area (Å²) in [6, 6.07) is 0.302. The van der Waals surface area contributed by atoms with Gasteiger partial charge in [0.25, 0.3) is 0 Å². The molecule has 3 N–H and O–H groups in total. The van der Waals surface area contributed by atoms with Crippen LogP contribution in [0.4, 0.5) is 0 Å².